The van der Waals surface area contributed by atoms with Gasteiger partial charge in [-0.05, 0) is 37.8 Å². The first-order valence-corrected chi connectivity index (χ1v) is 9.20. The number of carbonyl (C=O) groups excluding carboxylic acids is 2. The van der Waals surface area contributed by atoms with Crippen LogP contribution in [-0.4, -0.2) is 34.0 Å². The number of esters is 1. The largest absolute Gasteiger partial charge is 0.452 e. The lowest BCUT2D eigenvalue weighted by Crippen LogP contribution is -2.46. The molecule has 0 unspecified atom stereocenters. The number of nitrogens with zero attached hydrogens (tertiary/aromatic N) is 1. The van der Waals surface area contributed by atoms with Crippen LogP contribution in [0.5, 0.6) is 0 Å². The van der Waals surface area contributed by atoms with Crippen LogP contribution in [0.25, 0.3) is 0 Å². The molecule has 1 amide bonds. The number of amides is 1. The van der Waals surface area contributed by atoms with Crippen LogP contribution in [0.1, 0.15) is 43.0 Å². The third-order valence-corrected chi connectivity index (χ3v) is 5.37. The van der Waals surface area contributed by atoms with Gasteiger partial charge in [0, 0.05) is 5.75 Å². The summed E-state index contributed by atoms with van der Waals surface area (Å²) in [7, 11) is -1.29. The molecule has 0 aliphatic heterocycles. The highest BCUT2D eigenvalue weighted by atomic mass is 32.2. The summed E-state index contributed by atoms with van der Waals surface area (Å²) in [6.45, 7) is 1.30. The SMILES string of the molecule is CC[S@@](=O)c1ccccc1C(=O)OCC(=O)NC1(C#N)CCCC1. The van der Waals surface area contributed by atoms with E-state index in [2.05, 4.69) is 11.4 Å². The molecule has 1 aromatic rings. The topological polar surface area (TPSA) is 96.3 Å². The molecule has 0 spiro atoms. The van der Waals surface area contributed by atoms with Crippen LogP contribution in [0.3, 0.4) is 0 Å². The van der Waals surface area contributed by atoms with E-state index < -0.39 is 34.8 Å². The van der Waals surface area contributed by atoms with Crippen molar-refractivity contribution in [2.45, 2.75) is 43.0 Å². The number of nitrogens with one attached hydrogen (secondary N) is 1. The van der Waals surface area contributed by atoms with Gasteiger partial charge < -0.3 is 10.1 Å². The maximum absolute atomic E-state index is 12.2. The fourth-order valence-electron chi connectivity index (χ4n) is 2.74. The molecule has 0 saturated heterocycles. The lowest BCUT2D eigenvalue weighted by Gasteiger charge is -2.21. The summed E-state index contributed by atoms with van der Waals surface area (Å²) in [5, 5.41) is 11.9. The lowest BCUT2D eigenvalue weighted by molar-refractivity contribution is -0.125. The van der Waals surface area contributed by atoms with Crippen LogP contribution < -0.4 is 5.32 Å². The van der Waals surface area contributed by atoms with Crippen molar-refractivity contribution in [2.75, 3.05) is 12.4 Å². The van der Waals surface area contributed by atoms with Crippen LogP contribution >= 0.6 is 0 Å². The highest BCUT2D eigenvalue weighted by Gasteiger charge is 2.35. The molecule has 2 rings (SSSR count). The summed E-state index contributed by atoms with van der Waals surface area (Å²) < 4.78 is 17.0. The van der Waals surface area contributed by atoms with E-state index in [1.165, 1.54) is 6.07 Å². The molecule has 1 atom stereocenters. The van der Waals surface area contributed by atoms with E-state index in [9.17, 15) is 19.1 Å². The van der Waals surface area contributed by atoms with Crippen molar-refractivity contribution in [3.05, 3.63) is 29.8 Å². The molecule has 7 heteroatoms. The van der Waals surface area contributed by atoms with Crippen molar-refractivity contribution in [1.82, 2.24) is 5.32 Å². The molecule has 1 fully saturated rings. The summed E-state index contributed by atoms with van der Waals surface area (Å²) in [6, 6.07) is 8.63. The van der Waals surface area contributed by atoms with Crippen molar-refractivity contribution in [3.63, 3.8) is 0 Å². The fourth-order valence-corrected chi connectivity index (χ4v) is 3.68. The molecule has 0 bridgehead atoms. The van der Waals surface area contributed by atoms with E-state index >= 15 is 0 Å². The number of benzene rings is 1. The third-order valence-electron chi connectivity index (χ3n) is 4.00. The molecular formula is C17H20N2O4S. The Kier molecular flexibility index (Phi) is 6.10. The van der Waals surface area contributed by atoms with Gasteiger partial charge in [-0.3, -0.25) is 9.00 Å². The highest BCUT2D eigenvalue weighted by molar-refractivity contribution is 7.85. The summed E-state index contributed by atoms with van der Waals surface area (Å²) in [6.07, 6.45) is 3.01. The van der Waals surface area contributed by atoms with Crippen molar-refractivity contribution < 1.29 is 18.5 Å². The normalized spacial score (nSPS) is 16.8. The maximum Gasteiger partial charge on any atom is 0.339 e. The average molecular weight is 348 g/mol. The van der Waals surface area contributed by atoms with Crippen molar-refractivity contribution >= 4 is 22.7 Å². The molecule has 0 aromatic heterocycles. The van der Waals surface area contributed by atoms with Gasteiger partial charge in [-0.1, -0.05) is 19.1 Å². The third kappa shape index (κ3) is 4.20. The van der Waals surface area contributed by atoms with Crippen LogP contribution in [0, 0.1) is 11.3 Å². The van der Waals surface area contributed by atoms with Gasteiger partial charge in [-0.15, -0.1) is 0 Å². The first-order valence-electron chi connectivity index (χ1n) is 7.88. The molecule has 0 radical (unpaired) electrons. The van der Waals surface area contributed by atoms with Crippen molar-refractivity contribution in [1.29, 1.82) is 5.26 Å². The second-order valence-electron chi connectivity index (χ2n) is 5.66. The minimum atomic E-state index is -1.29. The van der Waals surface area contributed by atoms with Crippen LogP contribution in [-0.2, 0) is 20.3 Å². The number of rotatable bonds is 6. The zero-order valence-electron chi connectivity index (χ0n) is 13.5. The van der Waals surface area contributed by atoms with Gasteiger partial charge in [0.15, 0.2) is 6.61 Å². The molecule has 1 aliphatic carbocycles. The quantitative estimate of drug-likeness (QED) is 0.792. The molecule has 6 nitrogen and oxygen atoms in total. The Bertz CT molecular complexity index is 690. The zero-order valence-corrected chi connectivity index (χ0v) is 14.4. The second kappa shape index (κ2) is 8.06. The first-order chi connectivity index (χ1) is 11.5. The number of nitriles is 1. The second-order valence-corrected chi connectivity index (χ2v) is 7.36. The Labute approximate surface area is 143 Å². The van der Waals surface area contributed by atoms with E-state index in [-0.39, 0.29) is 5.56 Å². The minimum Gasteiger partial charge on any atom is -0.452 e. The van der Waals surface area contributed by atoms with Crippen molar-refractivity contribution in [3.8, 4) is 6.07 Å². The molecule has 1 N–H and O–H groups in total. The van der Waals surface area contributed by atoms with Gasteiger partial charge in [0.1, 0.15) is 5.54 Å². The summed E-state index contributed by atoms with van der Waals surface area (Å²) >= 11 is 0. The Morgan fingerprint density at radius 3 is 2.62 bits per heavy atom. The predicted octanol–water partition coefficient (Wildman–Crippen LogP) is 1.92. The molecular weight excluding hydrogens is 328 g/mol. The maximum atomic E-state index is 12.2. The van der Waals surface area contributed by atoms with Crippen LogP contribution in [0.15, 0.2) is 29.2 Å². The number of hydrogen-bond acceptors (Lipinski definition) is 5. The molecule has 1 saturated carbocycles. The molecule has 1 aromatic carbocycles. The van der Waals surface area contributed by atoms with E-state index in [1.807, 2.05) is 0 Å². The van der Waals surface area contributed by atoms with Gasteiger partial charge in [0.25, 0.3) is 5.91 Å². The number of hydrogen-bond donors (Lipinski definition) is 1. The van der Waals surface area contributed by atoms with Gasteiger partial charge in [0.05, 0.1) is 27.3 Å². The van der Waals surface area contributed by atoms with Gasteiger partial charge in [0.2, 0.25) is 0 Å². The first kappa shape index (κ1) is 18.1. The summed E-state index contributed by atoms with van der Waals surface area (Å²) in [5.41, 5.74) is -0.646. The average Bonchev–Trinajstić information content (AvgIpc) is 3.08. The van der Waals surface area contributed by atoms with Gasteiger partial charge >= 0.3 is 5.97 Å². The van der Waals surface area contributed by atoms with E-state index in [0.717, 1.165) is 12.8 Å². The van der Waals surface area contributed by atoms with Crippen LogP contribution in [0.2, 0.25) is 0 Å². The van der Waals surface area contributed by atoms with E-state index in [4.69, 9.17) is 4.74 Å². The molecule has 128 valence electrons. The van der Waals surface area contributed by atoms with Crippen LogP contribution in [0.4, 0.5) is 0 Å². The van der Waals surface area contributed by atoms with Gasteiger partial charge in [-0.25, -0.2) is 4.79 Å². The monoisotopic (exact) mass is 348 g/mol. The predicted molar refractivity (Wildman–Crippen MR) is 88.6 cm³/mol. The summed E-state index contributed by atoms with van der Waals surface area (Å²) in [4.78, 5) is 24.5. The van der Waals surface area contributed by atoms with E-state index in [0.29, 0.717) is 23.5 Å². The fraction of sp³-hybridized carbons (Fsp3) is 0.471. The zero-order chi connectivity index (χ0) is 17.6. The standard InChI is InChI=1S/C17H20N2O4S/c1-2-24(22)14-8-4-3-7-13(14)16(21)23-11-15(20)19-17(12-18)9-5-6-10-17/h3-4,7-8H,2,5-6,9-11H2,1H3,(H,19,20)/t24-/m1/s1. The molecule has 1 aliphatic rings. The Balaban J connectivity index is 1.97. The molecule has 0 heterocycles. The Hall–Kier alpha value is -2.20. The van der Waals surface area contributed by atoms with Crippen molar-refractivity contribution in [2.24, 2.45) is 0 Å². The van der Waals surface area contributed by atoms with Gasteiger partial charge in [-0.2, -0.15) is 5.26 Å². The number of carbonyl (C=O) groups is 2. The Morgan fingerprint density at radius 2 is 2.00 bits per heavy atom. The smallest absolute Gasteiger partial charge is 0.339 e. The minimum absolute atomic E-state index is 0.196. The summed E-state index contributed by atoms with van der Waals surface area (Å²) in [5.74, 6) is -0.809. The lowest BCUT2D eigenvalue weighted by atomic mass is 10.00. The Morgan fingerprint density at radius 1 is 1.33 bits per heavy atom. The number of ether oxygens (including phenoxy) is 1. The molecule has 24 heavy (non-hydrogen) atoms. The van der Waals surface area contributed by atoms with E-state index in [1.54, 1.807) is 25.1 Å². The highest BCUT2D eigenvalue weighted by Crippen LogP contribution is 2.28.